The van der Waals surface area contributed by atoms with Crippen molar-refractivity contribution in [3.8, 4) is 5.75 Å². The molecule has 0 radical (unpaired) electrons. The maximum absolute atomic E-state index is 12.1. The lowest BCUT2D eigenvalue weighted by atomic mass is 10.3. The van der Waals surface area contributed by atoms with Gasteiger partial charge >= 0.3 is 0 Å². The molecule has 27 heavy (non-hydrogen) atoms. The molecular formula is C18H16Cl2N4O2S. The lowest BCUT2D eigenvalue weighted by molar-refractivity contribution is -0.113. The molecule has 1 aliphatic rings. The van der Waals surface area contributed by atoms with Gasteiger partial charge in [-0.2, -0.15) is 4.99 Å². The van der Waals surface area contributed by atoms with Gasteiger partial charge in [-0.05, 0) is 36.4 Å². The van der Waals surface area contributed by atoms with Crippen molar-refractivity contribution in [3.05, 3.63) is 58.6 Å². The van der Waals surface area contributed by atoms with Crippen molar-refractivity contribution < 1.29 is 9.53 Å². The predicted molar refractivity (Wildman–Crippen MR) is 112 cm³/mol. The first-order chi connectivity index (χ1) is 13.0. The maximum Gasteiger partial charge on any atom is 0.234 e. The third-order valence-corrected chi connectivity index (χ3v) is 4.79. The van der Waals surface area contributed by atoms with Crippen molar-refractivity contribution in [1.82, 2.24) is 5.01 Å². The highest BCUT2D eigenvalue weighted by Crippen LogP contribution is 2.21. The number of amides is 1. The van der Waals surface area contributed by atoms with E-state index in [4.69, 9.17) is 27.9 Å². The minimum Gasteiger partial charge on any atom is -0.441 e. The zero-order valence-electron chi connectivity index (χ0n) is 14.4. The molecule has 0 atom stereocenters. The molecule has 2 aromatic carbocycles. The Hall–Kier alpha value is -2.22. The lowest BCUT2D eigenvalue weighted by Crippen LogP contribution is -2.31. The van der Waals surface area contributed by atoms with Crippen LogP contribution in [0.15, 0.2) is 58.6 Å². The number of likely N-dealkylation sites (N-methyl/N-ethyl adjacent to an activating group) is 1. The Kier molecular flexibility index (Phi) is 6.60. The van der Waals surface area contributed by atoms with E-state index < -0.39 is 0 Å². The smallest absolute Gasteiger partial charge is 0.234 e. The summed E-state index contributed by atoms with van der Waals surface area (Å²) >= 11 is 13.1. The van der Waals surface area contributed by atoms with E-state index in [-0.39, 0.29) is 11.7 Å². The van der Waals surface area contributed by atoms with Gasteiger partial charge in [0.1, 0.15) is 12.3 Å². The molecule has 0 saturated heterocycles. The van der Waals surface area contributed by atoms with Crippen LogP contribution in [0.2, 0.25) is 10.0 Å². The molecule has 9 heteroatoms. The summed E-state index contributed by atoms with van der Waals surface area (Å²) in [6.45, 7) is 0.429. The number of ether oxygens (including phenoxy) is 1. The minimum atomic E-state index is -0.195. The molecular weight excluding hydrogens is 407 g/mol. The highest BCUT2D eigenvalue weighted by atomic mass is 35.5. The Balaban J connectivity index is 1.58. The largest absolute Gasteiger partial charge is 0.441 e. The molecule has 0 aromatic heterocycles. The molecule has 0 saturated carbocycles. The van der Waals surface area contributed by atoms with E-state index in [0.29, 0.717) is 39.1 Å². The number of benzene rings is 2. The molecule has 1 aliphatic heterocycles. The van der Waals surface area contributed by atoms with Crippen LogP contribution in [0, 0.1) is 0 Å². The number of anilines is 1. The van der Waals surface area contributed by atoms with E-state index in [1.807, 2.05) is 7.05 Å². The zero-order valence-corrected chi connectivity index (χ0v) is 16.7. The molecule has 1 N–H and O–H groups in total. The SMILES string of the molecule is CN1CC(Oc2ccc(Cl)cc2)=NC(SCC(=O)Nc2ccccc2Cl)=N1. The van der Waals surface area contributed by atoms with Gasteiger partial charge in [-0.15, -0.1) is 5.10 Å². The van der Waals surface area contributed by atoms with Gasteiger partial charge in [0.2, 0.25) is 17.0 Å². The second-order valence-electron chi connectivity index (χ2n) is 5.58. The van der Waals surface area contributed by atoms with E-state index in [1.165, 1.54) is 11.8 Å². The summed E-state index contributed by atoms with van der Waals surface area (Å²) in [7, 11) is 1.81. The Morgan fingerprint density at radius 3 is 2.70 bits per heavy atom. The van der Waals surface area contributed by atoms with Crippen molar-refractivity contribution in [1.29, 1.82) is 0 Å². The normalized spacial score (nSPS) is 13.7. The van der Waals surface area contributed by atoms with Crippen molar-refractivity contribution in [2.45, 2.75) is 0 Å². The molecule has 0 fully saturated rings. The third kappa shape index (κ3) is 5.89. The molecule has 1 amide bonds. The average molecular weight is 423 g/mol. The number of carbonyl (C=O) groups excluding carboxylic acids is 1. The number of nitrogens with zero attached hydrogens (tertiary/aromatic N) is 3. The van der Waals surface area contributed by atoms with Crippen molar-refractivity contribution in [2.24, 2.45) is 10.1 Å². The second kappa shape index (κ2) is 9.12. The Morgan fingerprint density at radius 2 is 1.96 bits per heavy atom. The summed E-state index contributed by atoms with van der Waals surface area (Å²) < 4.78 is 5.77. The van der Waals surface area contributed by atoms with Gasteiger partial charge < -0.3 is 10.1 Å². The average Bonchev–Trinajstić information content (AvgIpc) is 2.63. The monoisotopic (exact) mass is 422 g/mol. The lowest BCUT2D eigenvalue weighted by Gasteiger charge is -2.20. The van der Waals surface area contributed by atoms with E-state index in [0.717, 1.165) is 0 Å². The number of thioether (sulfide) groups is 1. The van der Waals surface area contributed by atoms with Crippen molar-refractivity contribution in [2.75, 3.05) is 24.7 Å². The topological polar surface area (TPSA) is 66.3 Å². The van der Waals surface area contributed by atoms with Crippen LogP contribution in [0.4, 0.5) is 5.69 Å². The molecule has 1 heterocycles. The standard InChI is InChI=1S/C18H16Cl2N4O2S/c1-24-10-17(26-13-8-6-12(19)7-9-13)22-18(23-24)27-11-16(25)21-15-5-3-2-4-14(15)20/h2-9H,10-11H2,1H3,(H,21,25). The number of amidine groups is 1. The number of hydrogen-bond donors (Lipinski definition) is 1. The van der Waals surface area contributed by atoms with Gasteiger partial charge in [-0.1, -0.05) is 47.1 Å². The van der Waals surface area contributed by atoms with E-state index >= 15 is 0 Å². The highest BCUT2D eigenvalue weighted by Gasteiger charge is 2.16. The Bertz CT molecular complexity index is 887. The summed E-state index contributed by atoms with van der Waals surface area (Å²) in [5.41, 5.74) is 0.572. The first kappa shape index (κ1) is 19.5. The van der Waals surface area contributed by atoms with Crippen LogP contribution in [-0.2, 0) is 4.79 Å². The summed E-state index contributed by atoms with van der Waals surface area (Å²) in [5.74, 6) is 1.08. The van der Waals surface area contributed by atoms with E-state index in [9.17, 15) is 4.79 Å². The third-order valence-electron chi connectivity index (χ3n) is 3.37. The van der Waals surface area contributed by atoms with E-state index in [1.54, 1.807) is 53.5 Å². The van der Waals surface area contributed by atoms with Crippen LogP contribution < -0.4 is 10.1 Å². The number of halogens is 2. The molecule has 0 spiro atoms. The van der Waals surface area contributed by atoms with Gasteiger partial charge in [-0.3, -0.25) is 9.80 Å². The minimum absolute atomic E-state index is 0.148. The molecule has 140 valence electrons. The van der Waals surface area contributed by atoms with Gasteiger partial charge in [0.15, 0.2) is 0 Å². The maximum atomic E-state index is 12.1. The first-order valence-electron chi connectivity index (χ1n) is 7.97. The van der Waals surface area contributed by atoms with Gasteiger partial charge in [0.25, 0.3) is 0 Å². The van der Waals surface area contributed by atoms with Gasteiger partial charge in [-0.25, -0.2) is 0 Å². The summed E-state index contributed by atoms with van der Waals surface area (Å²) in [6.07, 6.45) is 0. The fourth-order valence-electron chi connectivity index (χ4n) is 2.18. The fourth-order valence-corrected chi connectivity index (χ4v) is 3.18. The molecule has 0 aliphatic carbocycles. The van der Waals surface area contributed by atoms with Gasteiger partial charge in [0.05, 0.1) is 16.5 Å². The summed E-state index contributed by atoms with van der Waals surface area (Å²) in [6, 6.07) is 14.1. The number of hydrazone groups is 1. The quantitative estimate of drug-likeness (QED) is 0.794. The number of nitrogens with one attached hydrogen (secondary N) is 1. The van der Waals surface area contributed by atoms with Gasteiger partial charge in [0, 0.05) is 12.1 Å². The summed E-state index contributed by atoms with van der Waals surface area (Å²) in [5, 5.41) is 10.3. The van der Waals surface area contributed by atoms with E-state index in [2.05, 4.69) is 15.4 Å². The number of aliphatic imine (C=N–C) groups is 1. The fraction of sp³-hybridized carbons (Fsp3) is 0.167. The Labute approximate surface area is 171 Å². The van der Waals surface area contributed by atoms with Crippen LogP contribution in [0.1, 0.15) is 0 Å². The van der Waals surface area contributed by atoms with Crippen LogP contribution in [-0.4, -0.2) is 41.3 Å². The predicted octanol–water partition coefficient (Wildman–Crippen LogP) is 4.36. The second-order valence-corrected chi connectivity index (χ2v) is 7.36. The highest BCUT2D eigenvalue weighted by molar-refractivity contribution is 8.14. The van der Waals surface area contributed by atoms with Crippen molar-refractivity contribution >= 4 is 57.6 Å². The molecule has 2 aromatic rings. The molecule has 0 unspecified atom stereocenters. The number of rotatable bonds is 4. The number of para-hydroxylation sites is 1. The number of carbonyl (C=O) groups is 1. The molecule has 0 bridgehead atoms. The van der Waals surface area contributed by atoms with Crippen molar-refractivity contribution in [3.63, 3.8) is 0 Å². The van der Waals surface area contributed by atoms with Crippen LogP contribution in [0.25, 0.3) is 0 Å². The van der Waals surface area contributed by atoms with Crippen LogP contribution in [0.5, 0.6) is 5.75 Å². The summed E-state index contributed by atoms with van der Waals surface area (Å²) in [4.78, 5) is 16.5. The molecule has 3 rings (SSSR count). The van der Waals surface area contributed by atoms with Crippen LogP contribution >= 0.6 is 35.0 Å². The molecule has 6 nitrogen and oxygen atoms in total. The number of hydrogen-bond acceptors (Lipinski definition) is 6. The first-order valence-corrected chi connectivity index (χ1v) is 9.71. The zero-order chi connectivity index (χ0) is 19.2. The van der Waals surface area contributed by atoms with Crippen LogP contribution in [0.3, 0.4) is 0 Å². The Morgan fingerprint density at radius 1 is 1.22 bits per heavy atom.